The van der Waals surface area contributed by atoms with E-state index in [1.165, 1.54) is 0 Å². The highest BCUT2D eigenvalue weighted by Crippen LogP contribution is 2.49. The van der Waals surface area contributed by atoms with Crippen LogP contribution in [0.25, 0.3) is 0 Å². The summed E-state index contributed by atoms with van der Waals surface area (Å²) >= 11 is 6.09. The number of hydrogen-bond acceptors (Lipinski definition) is 3. The van der Waals surface area contributed by atoms with Crippen molar-refractivity contribution in [2.24, 2.45) is 11.1 Å². The summed E-state index contributed by atoms with van der Waals surface area (Å²) < 4.78 is 5.64. The lowest BCUT2D eigenvalue weighted by molar-refractivity contribution is -0.170. The lowest BCUT2D eigenvalue weighted by atomic mass is 9.54. The summed E-state index contributed by atoms with van der Waals surface area (Å²) in [4.78, 5) is 12.5. The van der Waals surface area contributed by atoms with Crippen molar-refractivity contribution in [3.63, 3.8) is 0 Å². The number of hydrogen-bond donors (Lipinski definition) is 2. The molecule has 4 nitrogen and oxygen atoms in total. The lowest BCUT2D eigenvalue weighted by Gasteiger charge is -2.57. The monoisotopic (exact) mass is 346 g/mol. The summed E-state index contributed by atoms with van der Waals surface area (Å²) in [6.45, 7) is 6.92. The first-order valence-electron chi connectivity index (χ1n) is 7.25. The van der Waals surface area contributed by atoms with Gasteiger partial charge in [0.15, 0.2) is 0 Å². The van der Waals surface area contributed by atoms with E-state index in [1.807, 2.05) is 39.0 Å². The molecule has 0 saturated heterocycles. The molecular formula is C16H24Cl2N2O2. The maximum Gasteiger partial charge on any atom is 0.241 e. The smallest absolute Gasteiger partial charge is 0.241 e. The highest BCUT2D eigenvalue weighted by molar-refractivity contribution is 6.31. The molecule has 0 aromatic heterocycles. The first kappa shape index (κ1) is 19.2. The number of benzene rings is 1. The van der Waals surface area contributed by atoms with Crippen molar-refractivity contribution in [1.29, 1.82) is 0 Å². The van der Waals surface area contributed by atoms with Gasteiger partial charge in [-0.3, -0.25) is 4.79 Å². The van der Waals surface area contributed by atoms with Crippen LogP contribution in [0.5, 0.6) is 0 Å². The van der Waals surface area contributed by atoms with Crippen LogP contribution in [0, 0.1) is 5.41 Å². The Hall–Kier alpha value is -0.810. The van der Waals surface area contributed by atoms with Gasteiger partial charge in [-0.15, -0.1) is 12.4 Å². The maximum absolute atomic E-state index is 12.5. The molecule has 124 valence electrons. The first-order valence-corrected chi connectivity index (χ1v) is 7.63. The molecule has 0 radical (unpaired) electrons. The Morgan fingerprint density at radius 3 is 2.64 bits per heavy atom. The molecule has 1 aromatic rings. The van der Waals surface area contributed by atoms with E-state index in [0.717, 1.165) is 5.56 Å². The summed E-state index contributed by atoms with van der Waals surface area (Å²) in [5.41, 5.74) is 5.93. The fourth-order valence-electron chi connectivity index (χ4n) is 2.80. The molecule has 2 atom stereocenters. The molecule has 2 rings (SSSR count). The second kappa shape index (κ2) is 7.18. The van der Waals surface area contributed by atoms with Crippen LogP contribution in [0.2, 0.25) is 5.02 Å². The molecule has 3 N–H and O–H groups in total. The Bertz CT molecular complexity index is 537. The van der Waals surface area contributed by atoms with Crippen LogP contribution < -0.4 is 11.1 Å². The first-order chi connectivity index (χ1) is 9.83. The highest BCUT2D eigenvalue weighted by Gasteiger charge is 2.62. The van der Waals surface area contributed by atoms with E-state index in [4.69, 9.17) is 22.1 Å². The molecule has 0 heterocycles. The minimum atomic E-state index is -0.895. The van der Waals surface area contributed by atoms with Gasteiger partial charge in [0.2, 0.25) is 5.91 Å². The maximum atomic E-state index is 12.5. The molecule has 1 amide bonds. The van der Waals surface area contributed by atoms with Crippen molar-refractivity contribution in [2.75, 3.05) is 6.61 Å². The topological polar surface area (TPSA) is 64.3 Å². The van der Waals surface area contributed by atoms with Crippen LogP contribution in [-0.4, -0.2) is 24.2 Å². The van der Waals surface area contributed by atoms with E-state index in [9.17, 15) is 4.79 Å². The van der Waals surface area contributed by atoms with E-state index in [0.29, 0.717) is 24.6 Å². The third-order valence-corrected chi connectivity index (χ3v) is 5.00. The number of ether oxygens (including phenoxy) is 1. The van der Waals surface area contributed by atoms with Gasteiger partial charge in [-0.05, 0) is 18.6 Å². The van der Waals surface area contributed by atoms with Crippen molar-refractivity contribution in [3.8, 4) is 0 Å². The third-order valence-electron chi connectivity index (χ3n) is 4.63. The van der Waals surface area contributed by atoms with E-state index in [1.54, 1.807) is 6.07 Å². The fraction of sp³-hybridized carbons (Fsp3) is 0.562. The zero-order valence-electron chi connectivity index (χ0n) is 13.2. The molecule has 0 bridgehead atoms. The molecule has 0 aliphatic heterocycles. The predicted octanol–water partition coefficient (Wildman–Crippen LogP) is 2.91. The van der Waals surface area contributed by atoms with Gasteiger partial charge in [-0.1, -0.05) is 43.6 Å². The minimum Gasteiger partial charge on any atom is -0.378 e. The van der Waals surface area contributed by atoms with Gasteiger partial charge in [0, 0.05) is 30.0 Å². The average molecular weight is 347 g/mol. The fourth-order valence-corrected chi connectivity index (χ4v) is 3.00. The molecule has 0 spiro atoms. The van der Waals surface area contributed by atoms with Gasteiger partial charge in [0.05, 0.1) is 6.10 Å². The third kappa shape index (κ3) is 3.25. The summed E-state index contributed by atoms with van der Waals surface area (Å²) in [6.07, 6.45) is 0.570. The summed E-state index contributed by atoms with van der Waals surface area (Å²) in [7, 11) is 0. The number of halogens is 2. The predicted molar refractivity (Wildman–Crippen MR) is 91.3 cm³/mol. The number of nitrogens with two attached hydrogens (primary N) is 1. The Morgan fingerprint density at radius 2 is 2.09 bits per heavy atom. The standard InChI is InChI=1S/C16H23ClN2O2.ClH/c1-4-21-13-9-16(18,15(13,2)3)14(20)19-10-11-7-5-6-8-12(11)17;/h5-8,13H,4,9-10,18H2,1-3H3,(H,19,20);1H. The molecular weight excluding hydrogens is 323 g/mol. The molecule has 1 aliphatic carbocycles. The SMILES string of the molecule is CCOC1CC(N)(C(=O)NCc2ccccc2Cl)C1(C)C.Cl. The van der Waals surface area contributed by atoms with E-state index < -0.39 is 5.54 Å². The number of rotatable bonds is 5. The Morgan fingerprint density at radius 1 is 1.45 bits per heavy atom. The van der Waals surface area contributed by atoms with Gasteiger partial charge in [-0.25, -0.2) is 0 Å². The van der Waals surface area contributed by atoms with Gasteiger partial charge < -0.3 is 15.8 Å². The number of nitrogens with one attached hydrogen (secondary N) is 1. The number of carbonyl (C=O) groups is 1. The number of carbonyl (C=O) groups excluding carboxylic acids is 1. The van der Waals surface area contributed by atoms with Crippen molar-refractivity contribution in [2.45, 2.75) is 45.4 Å². The summed E-state index contributed by atoms with van der Waals surface area (Å²) in [5, 5.41) is 3.54. The van der Waals surface area contributed by atoms with Crippen LogP contribution >= 0.6 is 24.0 Å². The van der Waals surface area contributed by atoms with Crippen LogP contribution in [0.1, 0.15) is 32.8 Å². The van der Waals surface area contributed by atoms with Crippen LogP contribution in [0.3, 0.4) is 0 Å². The zero-order chi connectivity index (χ0) is 15.7. The van der Waals surface area contributed by atoms with Crippen LogP contribution in [0.15, 0.2) is 24.3 Å². The molecule has 2 unspecified atom stereocenters. The molecule has 1 fully saturated rings. The summed E-state index contributed by atoms with van der Waals surface area (Å²) in [6, 6.07) is 7.45. The lowest BCUT2D eigenvalue weighted by Crippen LogP contribution is -2.75. The van der Waals surface area contributed by atoms with Crippen LogP contribution in [0.4, 0.5) is 0 Å². The van der Waals surface area contributed by atoms with Crippen molar-refractivity contribution < 1.29 is 9.53 Å². The largest absolute Gasteiger partial charge is 0.378 e. The molecule has 1 aromatic carbocycles. The number of amides is 1. The highest BCUT2D eigenvalue weighted by atomic mass is 35.5. The van der Waals surface area contributed by atoms with E-state index in [2.05, 4.69) is 5.32 Å². The van der Waals surface area contributed by atoms with Crippen molar-refractivity contribution >= 4 is 29.9 Å². The van der Waals surface area contributed by atoms with Crippen molar-refractivity contribution in [1.82, 2.24) is 5.32 Å². The molecule has 1 saturated carbocycles. The van der Waals surface area contributed by atoms with Gasteiger partial charge in [0.1, 0.15) is 5.54 Å². The summed E-state index contributed by atoms with van der Waals surface area (Å²) in [5.74, 6) is -0.150. The average Bonchev–Trinajstić information content (AvgIpc) is 2.45. The minimum absolute atomic E-state index is 0. The van der Waals surface area contributed by atoms with Gasteiger partial charge in [-0.2, -0.15) is 0 Å². The zero-order valence-corrected chi connectivity index (χ0v) is 14.8. The second-order valence-corrected chi connectivity index (χ2v) is 6.52. The molecule has 1 aliphatic rings. The Kier molecular flexibility index (Phi) is 6.27. The molecule has 22 heavy (non-hydrogen) atoms. The quantitative estimate of drug-likeness (QED) is 0.861. The second-order valence-electron chi connectivity index (χ2n) is 6.12. The van der Waals surface area contributed by atoms with Crippen molar-refractivity contribution in [3.05, 3.63) is 34.9 Å². The van der Waals surface area contributed by atoms with Crippen LogP contribution in [-0.2, 0) is 16.1 Å². The van der Waals surface area contributed by atoms with E-state index in [-0.39, 0.29) is 29.8 Å². The Labute approximate surface area is 143 Å². The Balaban J connectivity index is 0.00000242. The molecule has 6 heteroatoms. The normalized spacial score (nSPS) is 25.8. The van der Waals surface area contributed by atoms with Gasteiger partial charge in [0.25, 0.3) is 0 Å². The van der Waals surface area contributed by atoms with Gasteiger partial charge >= 0.3 is 0 Å². The van der Waals surface area contributed by atoms with E-state index >= 15 is 0 Å².